The maximum Gasteiger partial charge on any atom is 0.329 e. The van der Waals surface area contributed by atoms with Gasteiger partial charge in [-0.15, -0.1) is 0 Å². The summed E-state index contributed by atoms with van der Waals surface area (Å²) in [7, 11) is -3.21. The van der Waals surface area contributed by atoms with Crippen LogP contribution < -0.4 is 9.80 Å². The number of sulfone groups is 1. The Hall–Kier alpha value is -2.05. The van der Waals surface area contributed by atoms with Gasteiger partial charge in [-0.05, 0) is 31.2 Å². The molecule has 2 fully saturated rings. The molecule has 0 aliphatic carbocycles. The molecule has 7 heteroatoms. The van der Waals surface area contributed by atoms with Crippen molar-refractivity contribution < 1.29 is 13.2 Å². The number of benzene rings is 2. The van der Waals surface area contributed by atoms with Gasteiger partial charge in [0.2, 0.25) is 0 Å². The molecule has 2 aromatic carbocycles. The Morgan fingerprint density at radius 1 is 0.960 bits per heavy atom. The third kappa shape index (κ3) is 2.69. The van der Waals surface area contributed by atoms with Crippen LogP contribution in [-0.2, 0) is 9.84 Å². The van der Waals surface area contributed by atoms with Crippen LogP contribution in [0.25, 0.3) is 0 Å². The molecule has 2 atom stereocenters. The highest BCUT2D eigenvalue weighted by molar-refractivity contribution is 7.91. The van der Waals surface area contributed by atoms with Gasteiger partial charge < -0.3 is 0 Å². The summed E-state index contributed by atoms with van der Waals surface area (Å²) < 4.78 is 24.5. The van der Waals surface area contributed by atoms with Crippen LogP contribution in [0.15, 0.2) is 48.5 Å². The van der Waals surface area contributed by atoms with Crippen LogP contribution in [0.3, 0.4) is 0 Å². The molecule has 4 rings (SSSR count). The minimum absolute atomic E-state index is 0.0295. The van der Waals surface area contributed by atoms with Crippen molar-refractivity contribution in [2.45, 2.75) is 19.0 Å². The van der Waals surface area contributed by atoms with E-state index in [1.54, 1.807) is 29.2 Å². The molecule has 0 spiro atoms. The van der Waals surface area contributed by atoms with Crippen molar-refractivity contribution in [3.8, 4) is 0 Å². The molecule has 2 aromatic rings. The Bertz CT molecular complexity index is 943. The molecule has 2 saturated heterocycles. The number of rotatable bonds is 2. The molecular weight excluding hydrogens is 360 g/mol. The van der Waals surface area contributed by atoms with Crippen molar-refractivity contribution in [2.75, 3.05) is 21.3 Å². The highest BCUT2D eigenvalue weighted by Gasteiger charge is 2.54. The van der Waals surface area contributed by atoms with E-state index in [2.05, 4.69) is 0 Å². The molecule has 2 aliphatic rings. The molecule has 0 radical (unpaired) electrons. The normalized spacial score (nSPS) is 24.6. The smallest absolute Gasteiger partial charge is 0.288 e. The summed E-state index contributed by atoms with van der Waals surface area (Å²) in [6.45, 7) is 1.97. The van der Waals surface area contributed by atoms with Gasteiger partial charge in [-0.2, -0.15) is 0 Å². The van der Waals surface area contributed by atoms with Gasteiger partial charge in [0.15, 0.2) is 9.84 Å². The van der Waals surface area contributed by atoms with Crippen molar-refractivity contribution in [1.29, 1.82) is 0 Å². The number of nitrogens with zero attached hydrogens (tertiary/aromatic N) is 2. The van der Waals surface area contributed by atoms with Gasteiger partial charge in [0, 0.05) is 5.69 Å². The maximum atomic E-state index is 13.2. The van der Waals surface area contributed by atoms with Crippen molar-refractivity contribution in [1.82, 2.24) is 0 Å². The highest BCUT2D eigenvalue weighted by Crippen LogP contribution is 2.40. The van der Waals surface area contributed by atoms with Gasteiger partial charge in [0.25, 0.3) is 0 Å². The second-order valence-corrected chi connectivity index (χ2v) is 9.08. The summed E-state index contributed by atoms with van der Waals surface area (Å²) in [5, 5.41) is 0.435. The molecule has 2 heterocycles. The number of hydrogen-bond acceptors (Lipinski definition) is 3. The van der Waals surface area contributed by atoms with E-state index in [1.165, 1.54) is 4.90 Å². The number of anilines is 2. The zero-order chi connectivity index (χ0) is 17.8. The quantitative estimate of drug-likeness (QED) is 0.756. The lowest BCUT2D eigenvalue weighted by Crippen LogP contribution is -2.38. The van der Waals surface area contributed by atoms with Crippen LogP contribution >= 0.6 is 11.6 Å². The molecular formula is C18H17ClN2O3S. The molecule has 130 valence electrons. The molecule has 0 aromatic heterocycles. The molecule has 5 nitrogen and oxygen atoms in total. The van der Waals surface area contributed by atoms with Crippen LogP contribution in [0.1, 0.15) is 5.56 Å². The van der Waals surface area contributed by atoms with E-state index in [9.17, 15) is 13.2 Å². The van der Waals surface area contributed by atoms with Gasteiger partial charge in [-0.1, -0.05) is 41.4 Å². The number of amides is 2. The van der Waals surface area contributed by atoms with Crippen LogP contribution in [0.4, 0.5) is 16.2 Å². The number of fused-ring (bicyclic) bond motifs is 1. The van der Waals surface area contributed by atoms with E-state index >= 15 is 0 Å². The number of carbonyl (C=O) groups excluding carboxylic acids is 1. The maximum absolute atomic E-state index is 13.2. The van der Waals surface area contributed by atoms with E-state index in [0.29, 0.717) is 16.4 Å². The zero-order valence-corrected chi connectivity index (χ0v) is 15.2. The summed E-state index contributed by atoms with van der Waals surface area (Å²) in [6.07, 6.45) is 0. The minimum Gasteiger partial charge on any atom is -0.288 e. The van der Waals surface area contributed by atoms with Crippen molar-refractivity contribution in [3.63, 3.8) is 0 Å². The Kier molecular flexibility index (Phi) is 3.77. The summed E-state index contributed by atoms with van der Waals surface area (Å²) in [5.74, 6) is -0.0742. The summed E-state index contributed by atoms with van der Waals surface area (Å²) >= 11 is 6.28. The van der Waals surface area contributed by atoms with Gasteiger partial charge in [-0.3, -0.25) is 9.80 Å². The first-order chi connectivity index (χ1) is 11.9. The first-order valence-electron chi connectivity index (χ1n) is 8.01. The molecule has 0 saturated carbocycles. The Morgan fingerprint density at radius 3 is 2.20 bits per heavy atom. The fourth-order valence-corrected chi connectivity index (χ4v) is 5.79. The van der Waals surface area contributed by atoms with Crippen LogP contribution in [0, 0.1) is 6.92 Å². The minimum atomic E-state index is -3.21. The van der Waals surface area contributed by atoms with E-state index < -0.39 is 21.9 Å². The Labute approximate surface area is 151 Å². The lowest BCUT2D eigenvalue weighted by atomic mass is 10.1. The predicted molar refractivity (Wildman–Crippen MR) is 99.2 cm³/mol. The van der Waals surface area contributed by atoms with Crippen molar-refractivity contribution >= 4 is 38.8 Å². The largest absolute Gasteiger partial charge is 0.329 e. The SMILES string of the molecule is Cc1ccc(N2C(=O)N(c3ccccc3Cl)[C@@H]3CS(=O)(=O)C[C@H]32)cc1. The van der Waals surface area contributed by atoms with Crippen LogP contribution in [0.2, 0.25) is 5.02 Å². The zero-order valence-electron chi connectivity index (χ0n) is 13.6. The van der Waals surface area contributed by atoms with E-state index in [-0.39, 0.29) is 17.5 Å². The monoisotopic (exact) mass is 376 g/mol. The lowest BCUT2D eigenvalue weighted by molar-refractivity contribution is 0.255. The van der Waals surface area contributed by atoms with Crippen LogP contribution in [0.5, 0.6) is 0 Å². The summed E-state index contributed by atoms with van der Waals surface area (Å²) in [4.78, 5) is 16.3. The summed E-state index contributed by atoms with van der Waals surface area (Å²) in [6, 6.07) is 13.5. The fourth-order valence-electron chi connectivity index (χ4n) is 3.64. The van der Waals surface area contributed by atoms with E-state index in [4.69, 9.17) is 11.6 Å². The van der Waals surface area contributed by atoms with Gasteiger partial charge in [0.05, 0.1) is 34.3 Å². The standard InChI is InChI=1S/C18H17ClN2O3S/c1-12-6-8-13(9-7-12)20-16-10-25(23,24)11-17(16)21(18(20)22)15-5-3-2-4-14(15)19/h2-9,16-17H,10-11H2,1H3/t16-,17-/m1/s1. The number of urea groups is 1. The Balaban J connectivity index is 1.83. The average molecular weight is 377 g/mol. The number of aryl methyl sites for hydroxylation is 1. The summed E-state index contributed by atoms with van der Waals surface area (Å²) in [5.41, 5.74) is 2.34. The number of hydrogen-bond donors (Lipinski definition) is 0. The van der Waals surface area contributed by atoms with E-state index in [1.807, 2.05) is 31.2 Å². The molecule has 0 N–H and O–H groups in total. The molecule has 25 heavy (non-hydrogen) atoms. The average Bonchev–Trinajstić information content (AvgIpc) is 2.99. The molecule has 2 aliphatic heterocycles. The topological polar surface area (TPSA) is 57.7 Å². The van der Waals surface area contributed by atoms with Gasteiger partial charge in [-0.25, -0.2) is 13.2 Å². The fraction of sp³-hybridized carbons (Fsp3) is 0.278. The second-order valence-electron chi connectivity index (χ2n) is 6.52. The lowest BCUT2D eigenvalue weighted by Gasteiger charge is -2.23. The molecule has 0 bridgehead atoms. The third-order valence-corrected chi connectivity index (χ3v) is 6.81. The first-order valence-corrected chi connectivity index (χ1v) is 10.2. The highest BCUT2D eigenvalue weighted by atomic mass is 35.5. The predicted octanol–water partition coefficient (Wildman–Crippen LogP) is 3.26. The van der Waals surface area contributed by atoms with Crippen molar-refractivity contribution in [3.05, 3.63) is 59.1 Å². The number of para-hydroxylation sites is 1. The van der Waals surface area contributed by atoms with Gasteiger partial charge in [0.1, 0.15) is 0 Å². The third-order valence-electron chi connectivity index (χ3n) is 4.79. The van der Waals surface area contributed by atoms with Crippen molar-refractivity contribution in [2.24, 2.45) is 0 Å². The van der Waals surface area contributed by atoms with Gasteiger partial charge >= 0.3 is 6.03 Å². The van der Waals surface area contributed by atoms with E-state index in [0.717, 1.165) is 5.56 Å². The number of halogens is 1. The molecule has 0 unspecified atom stereocenters. The first kappa shape index (κ1) is 16.4. The Morgan fingerprint density at radius 2 is 1.56 bits per heavy atom. The number of carbonyl (C=O) groups is 1. The van der Waals surface area contributed by atoms with Crippen LogP contribution in [-0.4, -0.2) is 38.0 Å². The molecule has 2 amide bonds. The second kappa shape index (κ2) is 5.75.